The Balaban J connectivity index is 1.99. The highest BCUT2D eigenvalue weighted by molar-refractivity contribution is 7.13. The maximum absolute atomic E-state index is 10.8. The Morgan fingerprint density at radius 1 is 0.917 bits per heavy atom. The van der Waals surface area contributed by atoms with Crippen LogP contribution in [0.15, 0.2) is 24.3 Å². The first-order chi connectivity index (χ1) is 11.2. The zero-order chi connectivity index (χ0) is 17.5. The molecular weight excluding hydrogens is 312 g/mol. The predicted molar refractivity (Wildman–Crippen MR) is 105 cm³/mol. The lowest BCUT2D eigenvalue weighted by atomic mass is 9.66. The van der Waals surface area contributed by atoms with E-state index in [1.807, 2.05) is 35.6 Å². The lowest BCUT2D eigenvalue weighted by Crippen LogP contribution is -2.32. The quantitative estimate of drug-likeness (QED) is 0.593. The molecule has 126 valence electrons. The Kier molecular flexibility index (Phi) is 4.29. The normalized spacial score (nSPS) is 18.5. The van der Waals surface area contributed by atoms with E-state index < -0.39 is 0 Å². The van der Waals surface area contributed by atoms with Crippen LogP contribution in [0.4, 0.5) is 0 Å². The number of carbonyl (C=O) groups is 1. The van der Waals surface area contributed by atoms with Crippen LogP contribution in [0.1, 0.15) is 77.3 Å². The van der Waals surface area contributed by atoms with E-state index in [-0.39, 0.29) is 10.8 Å². The van der Waals surface area contributed by atoms with Crippen LogP contribution < -0.4 is 0 Å². The number of carbonyl (C=O) groups excluding carboxylic acids is 1. The standard InChI is InChI=1S/C22H26OS/c1-15-18(11-10-16-6-8-17(14-23)9-7-16)24-20-19(15)21(2,3)12-13-22(20,4)5/h6-11,14H,12-13H2,1-5H3/b11-10+. The summed E-state index contributed by atoms with van der Waals surface area (Å²) in [6, 6.07) is 7.73. The van der Waals surface area contributed by atoms with E-state index in [2.05, 4.69) is 46.8 Å². The van der Waals surface area contributed by atoms with Crippen LogP contribution in [0.3, 0.4) is 0 Å². The topological polar surface area (TPSA) is 17.1 Å². The molecule has 1 aromatic heterocycles. The second-order valence-corrected chi connectivity index (χ2v) is 9.23. The van der Waals surface area contributed by atoms with E-state index in [1.165, 1.54) is 23.3 Å². The highest BCUT2D eigenvalue weighted by Crippen LogP contribution is 2.51. The second kappa shape index (κ2) is 6.00. The average molecular weight is 339 g/mol. The van der Waals surface area contributed by atoms with Crippen molar-refractivity contribution in [2.75, 3.05) is 0 Å². The highest BCUT2D eigenvalue weighted by Gasteiger charge is 2.40. The molecule has 1 aliphatic rings. The summed E-state index contributed by atoms with van der Waals surface area (Å²) in [5.74, 6) is 0. The van der Waals surface area contributed by atoms with Gasteiger partial charge in [-0.3, -0.25) is 4.79 Å². The summed E-state index contributed by atoms with van der Waals surface area (Å²) in [7, 11) is 0. The maximum atomic E-state index is 10.8. The summed E-state index contributed by atoms with van der Waals surface area (Å²) < 4.78 is 0. The van der Waals surface area contributed by atoms with Gasteiger partial charge in [0.05, 0.1) is 0 Å². The van der Waals surface area contributed by atoms with Crippen molar-refractivity contribution in [2.45, 2.75) is 58.3 Å². The molecule has 1 nitrogen and oxygen atoms in total. The number of benzene rings is 1. The van der Waals surface area contributed by atoms with Crippen LogP contribution in [0.5, 0.6) is 0 Å². The van der Waals surface area contributed by atoms with Gasteiger partial charge in [-0.1, -0.05) is 58.0 Å². The molecule has 0 spiro atoms. The summed E-state index contributed by atoms with van der Waals surface area (Å²) in [5, 5.41) is 0. The van der Waals surface area contributed by atoms with Gasteiger partial charge in [0.25, 0.3) is 0 Å². The molecule has 0 saturated carbocycles. The number of thiophene rings is 1. The lowest BCUT2D eigenvalue weighted by Gasteiger charge is -2.39. The van der Waals surface area contributed by atoms with Gasteiger partial charge in [0.2, 0.25) is 0 Å². The summed E-state index contributed by atoms with van der Waals surface area (Å²) >= 11 is 1.96. The van der Waals surface area contributed by atoms with Crippen molar-refractivity contribution in [3.63, 3.8) is 0 Å². The Hall–Kier alpha value is -1.67. The Morgan fingerprint density at radius 2 is 1.50 bits per heavy atom. The minimum absolute atomic E-state index is 0.267. The van der Waals surface area contributed by atoms with E-state index in [1.54, 1.807) is 10.4 Å². The van der Waals surface area contributed by atoms with Gasteiger partial charge < -0.3 is 0 Å². The minimum atomic E-state index is 0.267. The van der Waals surface area contributed by atoms with Gasteiger partial charge in [0.1, 0.15) is 6.29 Å². The monoisotopic (exact) mass is 338 g/mol. The predicted octanol–water partition coefficient (Wildman–Crippen LogP) is 6.39. The summed E-state index contributed by atoms with van der Waals surface area (Å²) in [5.41, 5.74) is 5.40. The van der Waals surface area contributed by atoms with Crippen LogP contribution in [-0.4, -0.2) is 6.29 Å². The molecule has 0 bridgehead atoms. The van der Waals surface area contributed by atoms with Gasteiger partial charge in [-0.2, -0.15) is 0 Å². The molecule has 1 aliphatic carbocycles. The van der Waals surface area contributed by atoms with E-state index >= 15 is 0 Å². The van der Waals surface area contributed by atoms with E-state index in [9.17, 15) is 4.79 Å². The first-order valence-electron chi connectivity index (χ1n) is 8.62. The van der Waals surface area contributed by atoms with Crippen LogP contribution in [0.2, 0.25) is 0 Å². The SMILES string of the molecule is Cc1c(/C=C/c2ccc(C=O)cc2)sc2c1C(C)(C)CCC2(C)C. The zero-order valence-corrected chi connectivity index (χ0v) is 16.1. The van der Waals surface area contributed by atoms with E-state index in [4.69, 9.17) is 0 Å². The van der Waals surface area contributed by atoms with Gasteiger partial charge >= 0.3 is 0 Å². The third-order valence-corrected chi connectivity index (χ3v) is 6.97. The van der Waals surface area contributed by atoms with Gasteiger partial charge in [0, 0.05) is 15.3 Å². The van der Waals surface area contributed by atoms with Crippen molar-refractivity contribution in [3.8, 4) is 0 Å². The highest BCUT2D eigenvalue weighted by atomic mass is 32.1. The molecule has 3 rings (SSSR count). The van der Waals surface area contributed by atoms with Crippen LogP contribution >= 0.6 is 11.3 Å². The fourth-order valence-corrected chi connectivity index (χ4v) is 5.22. The molecule has 0 atom stereocenters. The van der Waals surface area contributed by atoms with Gasteiger partial charge in [0.15, 0.2) is 0 Å². The lowest BCUT2D eigenvalue weighted by molar-refractivity contribution is 0.112. The maximum Gasteiger partial charge on any atom is 0.150 e. The zero-order valence-electron chi connectivity index (χ0n) is 15.3. The van der Waals surface area contributed by atoms with Crippen molar-refractivity contribution < 1.29 is 4.79 Å². The Morgan fingerprint density at radius 3 is 2.08 bits per heavy atom. The third kappa shape index (κ3) is 3.00. The second-order valence-electron chi connectivity index (χ2n) is 8.18. The minimum Gasteiger partial charge on any atom is -0.298 e. The molecule has 0 radical (unpaired) electrons. The fourth-order valence-electron chi connectivity index (χ4n) is 3.70. The molecule has 1 aromatic carbocycles. The van der Waals surface area contributed by atoms with Crippen molar-refractivity contribution in [3.05, 3.63) is 56.3 Å². The van der Waals surface area contributed by atoms with Crippen molar-refractivity contribution >= 4 is 29.8 Å². The van der Waals surface area contributed by atoms with Crippen molar-refractivity contribution in [1.29, 1.82) is 0 Å². The molecule has 0 unspecified atom stereocenters. The van der Waals surface area contributed by atoms with Crippen LogP contribution in [0.25, 0.3) is 12.2 Å². The number of rotatable bonds is 3. The van der Waals surface area contributed by atoms with E-state index in [0.29, 0.717) is 0 Å². The Bertz CT molecular complexity index is 788. The molecule has 0 saturated heterocycles. The summed E-state index contributed by atoms with van der Waals surface area (Å²) in [4.78, 5) is 13.7. The van der Waals surface area contributed by atoms with Gasteiger partial charge in [-0.25, -0.2) is 0 Å². The molecule has 0 fully saturated rings. The molecular formula is C22H26OS. The Labute approximate surface area is 149 Å². The molecule has 2 heteroatoms. The van der Waals surface area contributed by atoms with Crippen LogP contribution in [-0.2, 0) is 10.8 Å². The van der Waals surface area contributed by atoms with Crippen molar-refractivity contribution in [1.82, 2.24) is 0 Å². The third-order valence-electron chi connectivity index (χ3n) is 5.35. The molecule has 0 aliphatic heterocycles. The first-order valence-corrected chi connectivity index (χ1v) is 9.44. The first kappa shape index (κ1) is 17.2. The van der Waals surface area contributed by atoms with E-state index in [0.717, 1.165) is 17.4 Å². The fraction of sp³-hybridized carbons (Fsp3) is 0.409. The number of aldehydes is 1. The molecule has 0 amide bonds. The molecule has 2 aromatic rings. The average Bonchev–Trinajstić information content (AvgIpc) is 2.90. The van der Waals surface area contributed by atoms with Gasteiger partial charge in [-0.05, 0) is 53.4 Å². The molecule has 24 heavy (non-hydrogen) atoms. The summed E-state index contributed by atoms with van der Waals surface area (Å²) in [6.45, 7) is 11.8. The van der Waals surface area contributed by atoms with Crippen molar-refractivity contribution in [2.24, 2.45) is 0 Å². The summed E-state index contributed by atoms with van der Waals surface area (Å²) in [6.07, 6.45) is 7.78. The number of fused-ring (bicyclic) bond motifs is 1. The van der Waals surface area contributed by atoms with Crippen LogP contribution in [0, 0.1) is 6.92 Å². The largest absolute Gasteiger partial charge is 0.298 e. The number of hydrogen-bond acceptors (Lipinski definition) is 2. The smallest absolute Gasteiger partial charge is 0.150 e. The van der Waals surface area contributed by atoms with Gasteiger partial charge in [-0.15, -0.1) is 11.3 Å². The molecule has 1 heterocycles. The molecule has 0 N–H and O–H groups in total. The number of hydrogen-bond donors (Lipinski definition) is 0.